The van der Waals surface area contributed by atoms with Crippen LogP contribution in [0.4, 0.5) is 0 Å². The average molecular weight is 591 g/mol. The van der Waals surface area contributed by atoms with Gasteiger partial charge in [0.25, 0.3) is 0 Å². The summed E-state index contributed by atoms with van der Waals surface area (Å²) in [5.41, 5.74) is 7.01. The van der Waals surface area contributed by atoms with E-state index >= 15 is 0 Å². The Balaban J connectivity index is 1.20. The molecule has 2 heteroatoms. The minimum Gasteiger partial charge on any atom is -0.258 e. The van der Waals surface area contributed by atoms with Gasteiger partial charge in [-0.05, 0) is 84.8 Å². The molecule has 0 bridgehead atoms. The second-order valence-corrected chi connectivity index (χ2v) is 13.3. The number of dihydropyridines is 1. The minimum absolute atomic E-state index is 0.108. The lowest BCUT2D eigenvalue weighted by Gasteiger charge is -2.29. The number of benzene rings is 5. The number of fused-ring (bicyclic) bond motifs is 6. The largest absolute Gasteiger partial charge is 0.258 e. The molecule has 0 fully saturated rings. The van der Waals surface area contributed by atoms with Gasteiger partial charge in [-0.15, -0.1) is 0 Å². The third-order valence-corrected chi connectivity index (χ3v) is 10.4. The van der Waals surface area contributed by atoms with Gasteiger partial charge in [0, 0.05) is 23.1 Å². The SMILES string of the molecule is CC1C=CC(c2ccc(-c3ccc4c(n3)=C3N=CC=CC3(C)CC=4)c3ccccc23)=CC1c1cc2ccccc2c2ccccc12. The third-order valence-electron chi connectivity index (χ3n) is 10.4. The summed E-state index contributed by atoms with van der Waals surface area (Å²) in [7, 11) is 0. The fraction of sp³-hybridized carbons (Fsp3) is 0.136. The summed E-state index contributed by atoms with van der Waals surface area (Å²) in [6.07, 6.45) is 16.7. The van der Waals surface area contributed by atoms with E-state index in [4.69, 9.17) is 9.98 Å². The molecule has 2 heterocycles. The van der Waals surface area contributed by atoms with Crippen molar-refractivity contribution in [3.05, 3.63) is 155 Å². The van der Waals surface area contributed by atoms with Crippen LogP contribution in [0.25, 0.3) is 60.9 Å². The van der Waals surface area contributed by atoms with Crippen LogP contribution in [0.15, 0.2) is 139 Å². The van der Waals surface area contributed by atoms with Gasteiger partial charge in [-0.25, -0.2) is 4.98 Å². The molecule has 9 rings (SSSR count). The van der Waals surface area contributed by atoms with Crippen molar-refractivity contribution >= 4 is 55.9 Å². The summed E-state index contributed by atoms with van der Waals surface area (Å²) in [5.74, 6) is 0.652. The van der Waals surface area contributed by atoms with E-state index in [9.17, 15) is 0 Å². The number of pyridine rings is 1. The van der Waals surface area contributed by atoms with Crippen LogP contribution in [0.2, 0.25) is 0 Å². The van der Waals surface area contributed by atoms with E-state index in [0.717, 1.165) is 28.7 Å². The standard InChI is InChI=1S/C44H34N2/c1-28-16-17-31(26-39(28)40-27-30-10-3-4-11-32(30)34-12-6-8-15-37(34)40)33-19-20-38(36-14-7-5-13-35(33)36)41-21-18-29-22-24-44(2)23-9-25-45-43(44)42(29)46-41/h3-23,25-28,39H,24H2,1-2H3. The predicted octanol–water partition coefficient (Wildman–Crippen LogP) is 9.52. The summed E-state index contributed by atoms with van der Waals surface area (Å²) in [6.45, 7) is 4.60. The van der Waals surface area contributed by atoms with Crippen molar-refractivity contribution in [3.8, 4) is 11.3 Å². The minimum atomic E-state index is -0.108. The van der Waals surface area contributed by atoms with E-state index < -0.39 is 0 Å². The molecule has 2 nitrogen and oxygen atoms in total. The summed E-state index contributed by atoms with van der Waals surface area (Å²) >= 11 is 0. The highest BCUT2D eigenvalue weighted by Gasteiger charge is 2.30. The molecule has 3 aliphatic rings. The zero-order valence-electron chi connectivity index (χ0n) is 26.1. The van der Waals surface area contributed by atoms with E-state index in [-0.39, 0.29) is 11.3 Å². The van der Waals surface area contributed by atoms with Crippen molar-refractivity contribution in [2.24, 2.45) is 16.3 Å². The Hall–Kier alpha value is -5.34. The summed E-state index contributed by atoms with van der Waals surface area (Å²) in [6, 6.07) is 37.8. The van der Waals surface area contributed by atoms with Crippen LogP contribution >= 0.6 is 0 Å². The molecule has 2 aliphatic carbocycles. The second kappa shape index (κ2) is 10.4. The lowest BCUT2D eigenvalue weighted by atomic mass is 9.77. The van der Waals surface area contributed by atoms with Crippen LogP contribution in [0.1, 0.15) is 37.3 Å². The first-order valence-electron chi connectivity index (χ1n) is 16.3. The Labute approximate surface area is 269 Å². The fourth-order valence-electron chi connectivity index (χ4n) is 7.85. The summed E-state index contributed by atoms with van der Waals surface area (Å²) in [4.78, 5) is 10.1. The molecule has 0 N–H and O–H groups in total. The Kier molecular flexibility index (Phi) is 6.08. The van der Waals surface area contributed by atoms with Crippen molar-refractivity contribution in [2.75, 3.05) is 0 Å². The van der Waals surface area contributed by atoms with Crippen LogP contribution in [0, 0.1) is 11.3 Å². The van der Waals surface area contributed by atoms with Crippen LogP contribution in [0.3, 0.4) is 0 Å². The highest BCUT2D eigenvalue weighted by molar-refractivity contribution is 6.09. The molecule has 6 aromatic rings. The number of aliphatic imine (C=N–C) groups is 1. The van der Waals surface area contributed by atoms with Crippen molar-refractivity contribution in [1.29, 1.82) is 0 Å². The van der Waals surface area contributed by atoms with Gasteiger partial charge in [0.15, 0.2) is 0 Å². The highest BCUT2D eigenvalue weighted by atomic mass is 14.8. The lowest BCUT2D eigenvalue weighted by molar-refractivity contribution is 0.576. The number of rotatable bonds is 3. The quantitative estimate of drug-likeness (QED) is 0.189. The number of hydrogen-bond acceptors (Lipinski definition) is 2. The molecule has 1 aromatic heterocycles. The van der Waals surface area contributed by atoms with Crippen LogP contribution in [-0.2, 0) is 0 Å². The van der Waals surface area contributed by atoms with Crippen molar-refractivity contribution < 1.29 is 0 Å². The molecule has 3 unspecified atom stereocenters. The maximum atomic E-state index is 5.28. The molecule has 0 radical (unpaired) electrons. The topological polar surface area (TPSA) is 25.2 Å². The van der Waals surface area contributed by atoms with Gasteiger partial charge < -0.3 is 0 Å². The first-order valence-corrected chi connectivity index (χ1v) is 16.3. The molecular weight excluding hydrogens is 556 g/mol. The van der Waals surface area contributed by atoms with Gasteiger partial charge >= 0.3 is 0 Å². The van der Waals surface area contributed by atoms with Gasteiger partial charge in [0.2, 0.25) is 0 Å². The number of nitrogens with zero attached hydrogens (tertiary/aromatic N) is 2. The van der Waals surface area contributed by atoms with E-state index in [1.807, 2.05) is 6.21 Å². The monoisotopic (exact) mass is 590 g/mol. The molecule has 0 amide bonds. The Bertz CT molecular complexity index is 2490. The normalized spacial score (nSPS) is 21.7. The molecule has 0 saturated heterocycles. The molecule has 0 saturated carbocycles. The Morgan fingerprint density at radius 2 is 1.46 bits per heavy atom. The maximum Gasteiger partial charge on any atom is 0.0930 e. The summed E-state index contributed by atoms with van der Waals surface area (Å²) in [5, 5.41) is 9.90. The van der Waals surface area contributed by atoms with Crippen molar-refractivity contribution in [2.45, 2.75) is 26.2 Å². The molecular formula is C44H34N2. The Morgan fingerprint density at radius 1 is 0.739 bits per heavy atom. The average Bonchev–Trinajstić information content (AvgIpc) is 3.11. The molecule has 5 aromatic carbocycles. The van der Waals surface area contributed by atoms with Crippen molar-refractivity contribution in [3.63, 3.8) is 0 Å². The van der Waals surface area contributed by atoms with E-state index in [1.54, 1.807) is 0 Å². The Morgan fingerprint density at radius 3 is 2.30 bits per heavy atom. The van der Waals surface area contributed by atoms with E-state index in [2.05, 4.69) is 153 Å². The van der Waals surface area contributed by atoms with Crippen LogP contribution < -0.4 is 10.6 Å². The molecule has 1 aliphatic heterocycles. The van der Waals surface area contributed by atoms with Crippen LogP contribution in [-0.4, -0.2) is 11.2 Å². The molecule has 0 spiro atoms. The summed E-state index contributed by atoms with van der Waals surface area (Å²) < 4.78 is 0. The maximum absolute atomic E-state index is 5.28. The zero-order chi connectivity index (χ0) is 30.8. The van der Waals surface area contributed by atoms with E-state index in [0.29, 0.717) is 5.92 Å². The number of allylic oxidation sites excluding steroid dienone is 5. The van der Waals surface area contributed by atoms with Gasteiger partial charge in [0.1, 0.15) is 0 Å². The molecule has 46 heavy (non-hydrogen) atoms. The van der Waals surface area contributed by atoms with Crippen molar-refractivity contribution in [1.82, 2.24) is 4.98 Å². The van der Waals surface area contributed by atoms with Gasteiger partial charge in [-0.2, -0.15) is 0 Å². The molecule has 3 atom stereocenters. The third kappa shape index (κ3) is 4.17. The zero-order valence-corrected chi connectivity index (χ0v) is 26.1. The number of aromatic nitrogens is 1. The predicted molar refractivity (Wildman–Crippen MR) is 195 cm³/mol. The smallest absolute Gasteiger partial charge is 0.0930 e. The van der Waals surface area contributed by atoms with Crippen LogP contribution in [0.5, 0.6) is 0 Å². The lowest BCUT2D eigenvalue weighted by Crippen LogP contribution is -2.39. The van der Waals surface area contributed by atoms with E-state index in [1.165, 1.54) is 54.2 Å². The molecule has 220 valence electrons. The fourth-order valence-corrected chi connectivity index (χ4v) is 7.85. The number of hydrogen-bond donors (Lipinski definition) is 0. The second-order valence-electron chi connectivity index (χ2n) is 13.3. The van der Waals surface area contributed by atoms with Gasteiger partial charge in [-0.1, -0.05) is 135 Å². The first kappa shape index (κ1) is 27.0. The van der Waals surface area contributed by atoms with Gasteiger partial charge in [0.05, 0.1) is 16.7 Å². The highest BCUT2D eigenvalue weighted by Crippen LogP contribution is 2.43. The van der Waals surface area contributed by atoms with Gasteiger partial charge in [-0.3, -0.25) is 4.99 Å². The first-order chi connectivity index (χ1) is 22.6.